The summed E-state index contributed by atoms with van der Waals surface area (Å²) in [6, 6.07) is 11.6. The third kappa shape index (κ3) is 8.47. The first-order valence-corrected chi connectivity index (χ1v) is 13.0. The van der Waals surface area contributed by atoms with E-state index in [1.165, 1.54) is 67.0 Å². The highest BCUT2D eigenvalue weighted by molar-refractivity contribution is 6.31. The van der Waals surface area contributed by atoms with Crippen molar-refractivity contribution >= 4 is 52.7 Å². The average molecular weight is 646 g/mol. The highest BCUT2D eigenvalue weighted by Crippen LogP contribution is 2.25. The first-order chi connectivity index (χ1) is 21.3. The molecule has 3 amide bonds. The third-order valence-electron chi connectivity index (χ3n) is 6.05. The quantitative estimate of drug-likeness (QED) is 0.148. The summed E-state index contributed by atoms with van der Waals surface area (Å²) in [5, 5.41) is 26.3. The van der Waals surface area contributed by atoms with E-state index in [0.717, 1.165) is 16.8 Å². The lowest BCUT2D eigenvalue weighted by molar-refractivity contribution is -0.167. The van der Waals surface area contributed by atoms with Crippen LogP contribution in [-0.4, -0.2) is 61.2 Å². The highest BCUT2D eigenvalue weighted by Gasteiger charge is 2.38. The molecule has 0 unspecified atom stereocenters. The van der Waals surface area contributed by atoms with Crippen molar-refractivity contribution in [3.8, 4) is 5.69 Å². The molecule has 0 saturated heterocycles. The second-order valence-corrected chi connectivity index (χ2v) is 9.57. The highest BCUT2D eigenvalue weighted by atomic mass is 35.5. The number of hydrogen-bond donors (Lipinski definition) is 4. The number of nitrogens with one attached hydrogen (secondary N) is 3. The van der Waals surface area contributed by atoms with Crippen molar-refractivity contribution in [2.45, 2.75) is 18.6 Å². The molecular formula is C28H20ClF4N7O5. The molecule has 1 atom stereocenters. The number of anilines is 2. The van der Waals surface area contributed by atoms with Gasteiger partial charge in [-0.2, -0.15) is 17.9 Å². The van der Waals surface area contributed by atoms with Gasteiger partial charge in [0.05, 0.1) is 16.3 Å². The number of halogens is 5. The van der Waals surface area contributed by atoms with E-state index < -0.39 is 41.7 Å². The summed E-state index contributed by atoms with van der Waals surface area (Å²) in [5.74, 6) is -5.80. The van der Waals surface area contributed by atoms with Crippen LogP contribution in [0, 0.1) is 5.82 Å². The minimum atomic E-state index is -5.09. The fourth-order valence-corrected chi connectivity index (χ4v) is 4.03. The lowest BCUT2D eigenvalue weighted by Gasteiger charge is -2.18. The lowest BCUT2D eigenvalue weighted by atomic mass is 10.0. The van der Waals surface area contributed by atoms with Gasteiger partial charge in [0.25, 0.3) is 0 Å². The second-order valence-electron chi connectivity index (χ2n) is 9.17. The van der Waals surface area contributed by atoms with Gasteiger partial charge in [0, 0.05) is 29.4 Å². The van der Waals surface area contributed by atoms with Gasteiger partial charge in [-0.05, 0) is 70.6 Å². The Morgan fingerprint density at radius 3 is 2.20 bits per heavy atom. The number of alkyl halides is 3. The number of carboxylic acid groups (broad SMARTS) is 1. The Balaban J connectivity index is 1.56. The van der Waals surface area contributed by atoms with Crippen LogP contribution in [-0.2, 0) is 20.8 Å². The Kier molecular flexibility index (Phi) is 9.88. The van der Waals surface area contributed by atoms with E-state index in [0.29, 0.717) is 5.56 Å². The zero-order chi connectivity index (χ0) is 32.7. The molecule has 3 aromatic carbocycles. The topological polar surface area (TPSA) is 168 Å². The van der Waals surface area contributed by atoms with Crippen molar-refractivity contribution in [3.05, 3.63) is 101 Å². The van der Waals surface area contributed by atoms with Gasteiger partial charge in [-0.1, -0.05) is 23.7 Å². The van der Waals surface area contributed by atoms with E-state index in [-0.39, 0.29) is 39.6 Å². The number of nitrogens with zero attached hydrogens (tertiary/aromatic N) is 4. The van der Waals surface area contributed by atoms with E-state index in [1.54, 1.807) is 5.32 Å². The molecule has 17 heteroatoms. The van der Waals surface area contributed by atoms with Crippen molar-refractivity contribution in [1.29, 1.82) is 0 Å². The minimum absolute atomic E-state index is 0.0324. The number of carboxylic acids is 1. The number of carbonyl (C=O) groups is 4. The van der Waals surface area contributed by atoms with Crippen LogP contribution in [0.5, 0.6) is 0 Å². The first kappa shape index (κ1) is 32.3. The summed E-state index contributed by atoms with van der Waals surface area (Å²) in [6.45, 7) is 0. The number of benzene rings is 3. The van der Waals surface area contributed by atoms with Crippen molar-refractivity contribution in [2.24, 2.45) is 0 Å². The van der Waals surface area contributed by atoms with Crippen molar-refractivity contribution in [1.82, 2.24) is 25.5 Å². The van der Waals surface area contributed by atoms with Gasteiger partial charge in [0.1, 0.15) is 12.4 Å². The largest absolute Gasteiger partial charge is 0.478 e. The fraction of sp³-hybridized carbons (Fsp3) is 0.107. The zero-order valence-electron chi connectivity index (χ0n) is 22.5. The number of rotatable bonds is 10. The Morgan fingerprint density at radius 2 is 1.60 bits per heavy atom. The molecule has 0 aliphatic rings. The van der Waals surface area contributed by atoms with Gasteiger partial charge < -0.3 is 21.1 Å². The van der Waals surface area contributed by atoms with Crippen LogP contribution in [0.25, 0.3) is 11.8 Å². The van der Waals surface area contributed by atoms with Gasteiger partial charge in [-0.25, -0.2) is 9.18 Å². The maximum atomic E-state index is 14.9. The maximum absolute atomic E-state index is 14.9. The van der Waals surface area contributed by atoms with Gasteiger partial charge in [0.15, 0.2) is 5.82 Å². The van der Waals surface area contributed by atoms with E-state index in [1.807, 2.05) is 0 Å². The smallest absolute Gasteiger partial charge is 0.471 e. The molecule has 4 rings (SSSR count). The molecule has 0 aliphatic heterocycles. The molecule has 1 aromatic heterocycles. The molecule has 45 heavy (non-hydrogen) atoms. The molecule has 0 bridgehead atoms. The fourth-order valence-electron chi connectivity index (χ4n) is 3.86. The van der Waals surface area contributed by atoms with Crippen LogP contribution < -0.4 is 16.0 Å². The Morgan fingerprint density at radius 1 is 0.956 bits per heavy atom. The molecule has 1 heterocycles. The van der Waals surface area contributed by atoms with Crippen LogP contribution in [0.1, 0.15) is 21.5 Å². The summed E-state index contributed by atoms with van der Waals surface area (Å²) < 4.78 is 53.8. The summed E-state index contributed by atoms with van der Waals surface area (Å²) in [6.07, 6.45) is -2.02. The predicted octanol–water partition coefficient (Wildman–Crippen LogP) is 4.03. The maximum Gasteiger partial charge on any atom is 0.471 e. The SMILES string of the molecule is O=C(/C=C/c1c(-n2cnnn2)ccc(Cl)c1F)N[C@@H](Cc1ccc(NC(=O)C(F)(F)F)cc1)C(=O)Nc1ccc(C(=O)O)cc1. The molecule has 0 saturated carbocycles. The Hall–Kier alpha value is -5.64. The van der Waals surface area contributed by atoms with E-state index in [2.05, 4.69) is 26.2 Å². The summed E-state index contributed by atoms with van der Waals surface area (Å²) in [4.78, 5) is 48.5. The standard InChI is InChI=1S/C28H20ClF4N7O5/c29-20-10-11-22(40-14-34-38-39-40)19(24(20)30)9-12-23(41)37-21(25(42)35-17-7-3-16(4-8-17)26(43)44)13-15-1-5-18(6-2-15)36-27(45)28(31,32)33/h1-12,14,21H,13H2,(H,35,42)(H,36,45)(H,37,41)(H,43,44)/b12-9+/t21-/m0/s1. The molecule has 4 aromatic rings. The van der Waals surface area contributed by atoms with Crippen LogP contribution in [0.4, 0.5) is 28.9 Å². The number of carbonyl (C=O) groups excluding carboxylic acids is 3. The molecule has 0 spiro atoms. The van der Waals surface area contributed by atoms with Crippen LogP contribution >= 0.6 is 11.6 Å². The van der Waals surface area contributed by atoms with Crippen LogP contribution in [0.3, 0.4) is 0 Å². The van der Waals surface area contributed by atoms with Crippen molar-refractivity contribution in [2.75, 3.05) is 10.6 Å². The number of tetrazole rings is 1. The number of aromatic nitrogens is 4. The predicted molar refractivity (Wildman–Crippen MR) is 152 cm³/mol. The Labute approximate surface area is 255 Å². The molecular weight excluding hydrogens is 626 g/mol. The number of hydrogen-bond acceptors (Lipinski definition) is 7. The number of amides is 3. The molecule has 232 valence electrons. The molecule has 0 radical (unpaired) electrons. The monoisotopic (exact) mass is 645 g/mol. The first-order valence-electron chi connectivity index (χ1n) is 12.6. The van der Waals surface area contributed by atoms with Crippen LogP contribution in [0.15, 0.2) is 73.1 Å². The molecule has 12 nitrogen and oxygen atoms in total. The molecule has 4 N–H and O–H groups in total. The van der Waals surface area contributed by atoms with Gasteiger partial charge in [-0.15, -0.1) is 5.10 Å². The van der Waals surface area contributed by atoms with E-state index >= 15 is 0 Å². The lowest BCUT2D eigenvalue weighted by Crippen LogP contribution is -2.44. The third-order valence-corrected chi connectivity index (χ3v) is 6.34. The second kappa shape index (κ2) is 13.8. The average Bonchev–Trinajstić information content (AvgIpc) is 3.53. The summed E-state index contributed by atoms with van der Waals surface area (Å²) in [7, 11) is 0. The minimum Gasteiger partial charge on any atom is -0.478 e. The zero-order valence-corrected chi connectivity index (χ0v) is 23.3. The van der Waals surface area contributed by atoms with Crippen molar-refractivity contribution in [3.63, 3.8) is 0 Å². The van der Waals surface area contributed by atoms with Gasteiger partial charge in [-0.3, -0.25) is 14.4 Å². The Bertz CT molecular complexity index is 1750. The van der Waals surface area contributed by atoms with Crippen molar-refractivity contribution < 1.29 is 41.8 Å². The van der Waals surface area contributed by atoms with E-state index in [9.17, 15) is 36.7 Å². The molecule has 0 fully saturated rings. The van der Waals surface area contributed by atoms with Crippen LogP contribution in [0.2, 0.25) is 5.02 Å². The van der Waals surface area contributed by atoms with Gasteiger partial charge in [0.2, 0.25) is 11.8 Å². The van der Waals surface area contributed by atoms with E-state index in [4.69, 9.17) is 16.7 Å². The summed E-state index contributed by atoms with van der Waals surface area (Å²) >= 11 is 5.91. The normalized spacial score (nSPS) is 12.0. The number of aromatic carboxylic acids is 1. The molecule has 0 aliphatic carbocycles. The summed E-state index contributed by atoms with van der Waals surface area (Å²) in [5.41, 5.74) is 0.415. The van der Waals surface area contributed by atoms with Gasteiger partial charge >= 0.3 is 18.1 Å².